The van der Waals surface area contributed by atoms with Crippen molar-refractivity contribution in [3.63, 3.8) is 0 Å². The number of sulfonamides is 1. The molecule has 2 aliphatic heterocycles. The molecule has 4 rings (SSSR count). The summed E-state index contributed by atoms with van der Waals surface area (Å²) in [5, 5.41) is 2.96. The molecule has 1 N–H and O–H groups in total. The van der Waals surface area contributed by atoms with Crippen LogP contribution in [-0.2, 0) is 21.4 Å². The quantitative estimate of drug-likeness (QED) is 0.696. The molecule has 0 radical (unpaired) electrons. The molecule has 2 fully saturated rings. The predicted octanol–water partition coefficient (Wildman–Crippen LogP) is 2.29. The number of hydrogen-bond donors (Lipinski definition) is 1. The third kappa shape index (κ3) is 5.72. The molecule has 2 aromatic rings. The Morgan fingerprint density at radius 2 is 1.67 bits per heavy atom. The van der Waals surface area contributed by atoms with Crippen LogP contribution in [-0.4, -0.2) is 69.8 Å². The van der Waals surface area contributed by atoms with Crippen molar-refractivity contribution in [3.05, 3.63) is 59.9 Å². The van der Waals surface area contributed by atoms with Crippen LogP contribution in [0.2, 0.25) is 0 Å². The van der Waals surface area contributed by atoms with Crippen LogP contribution in [0.25, 0.3) is 0 Å². The minimum absolute atomic E-state index is 0.0467. The third-order valence-corrected chi connectivity index (χ3v) is 8.36. The van der Waals surface area contributed by atoms with Gasteiger partial charge in [0.25, 0.3) is 0 Å². The second-order valence-electron chi connectivity index (χ2n) is 8.83. The van der Waals surface area contributed by atoms with Gasteiger partial charge in [-0.1, -0.05) is 12.1 Å². The number of nitrogens with one attached hydrogen (secondary N) is 1. The maximum atomic E-state index is 13.2. The van der Waals surface area contributed by atoms with Crippen molar-refractivity contribution in [2.24, 2.45) is 5.92 Å². The van der Waals surface area contributed by atoms with E-state index in [1.165, 1.54) is 22.1 Å². The smallest absolute Gasteiger partial charge is 0.243 e. The molecule has 0 spiro atoms. The highest BCUT2D eigenvalue weighted by Gasteiger charge is 2.33. The topological polar surface area (TPSA) is 73.0 Å². The van der Waals surface area contributed by atoms with Crippen LogP contribution >= 0.6 is 0 Å². The van der Waals surface area contributed by atoms with Gasteiger partial charge in [0.1, 0.15) is 5.82 Å². The standard InChI is InChI=1S/C24H31FN4O3S/c1-27-13-15-28(16-14-27)22-8-4-19(5-9-22)17-26-24(30)20-3-2-12-29(18-20)33(31,32)23-10-6-21(25)7-11-23/h4-11,20H,2-3,12-18H2,1H3,(H,26,30)/t20-/m1/s1. The number of rotatable bonds is 6. The highest BCUT2D eigenvalue weighted by Crippen LogP contribution is 2.24. The average Bonchev–Trinajstić information content (AvgIpc) is 2.84. The number of halogens is 1. The highest BCUT2D eigenvalue weighted by molar-refractivity contribution is 7.89. The molecule has 0 bridgehead atoms. The number of piperidine rings is 1. The van der Waals surface area contributed by atoms with Crippen molar-refractivity contribution >= 4 is 21.6 Å². The van der Waals surface area contributed by atoms with E-state index in [1.807, 2.05) is 12.1 Å². The average molecular weight is 475 g/mol. The number of amides is 1. The van der Waals surface area contributed by atoms with E-state index in [2.05, 4.69) is 34.3 Å². The van der Waals surface area contributed by atoms with Crippen molar-refractivity contribution in [2.45, 2.75) is 24.3 Å². The van der Waals surface area contributed by atoms with Crippen LogP contribution in [0.4, 0.5) is 10.1 Å². The maximum absolute atomic E-state index is 13.2. The fourth-order valence-corrected chi connectivity index (χ4v) is 5.88. The lowest BCUT2D eigenvalue weighted by Gasteiger charge is -2.34. The third-order valence-electron chi connectivity index (χ3n) is 6.48. The summed E-state index contributed by atoms with van der Waals surface area (Å²) >= 11 is 0. The van der Waals surface area contributed by atoms with Gasteiger partial charge in [-0.3, -0.25) is 4.79 Å². The minimum atomic E-state index is -3.75. The molecule has 0 aromatic heterocycles. The second kappa shape index (κ2) is 10.2. The number of hydrogen-bond acceptors (Lipinski definition) is 5. The normalized spacial score (nSPS) is 20.5. The fourth-order valence-electron chi connectivity index (χ4n) is 4.35. The van der Waals surface area contributed by atoms with Gasteiger partial charge in [-0.05, 0) is 61.9 Å². The molecule has 1 atom stereocenters. The lowest BCUT2D eigenvalue weighted by atomic mass is 9.98. The zero-order chi connectivity index (χ0) is 23.4. The van der Waals surface area contributed by atoms with E-state index in [1.54, 1.807) is 0 Å². The van der Waals surface area contributed by atoms with Crippen LogP contribution in [0.15, 0.2) is 53.4 Å². The van der Waals surface area contributed by atoms with Gasteiger partial charge in [-0.2, -0.15) is 4.31 Å². The Morgan fingerprint density at radius 3 is 2.33 bits per heavy atom. The van der Waals surface area contributed by atoms with Crippen molar-refractivity contribution in [1.29, 1.82) is 0 Å². The van der Waals surface area contributed by atoms with Crippen LogP contribution in [0.1, 0.15) is 18.4 Å². The summed E-state index contributed by atoms with van der Waals surface area (Å²) in [7, 11) is -1.62. The van der Waals surface area contributed by atoms with Gasteiger partial charge in [-0.25, -0.2) is 12.8 Å². The van der Waals surface area contributed by atoms with E-state index in [0.29, 0.717) is 25.9 Å². The molecule has 2 saturated heterocycles. The Morgan fingerprint density at radius 1 is 1.00 bits per heavy atom. The van der Waals surface area contributed by atoms with Gasteiger partial charge >= 0.3 is 0 Å². The molecule has 9 heteroatoms. The molecule has 0 saturated carbocycles. The predicted molar refractivity (Wildman–Crippen MR) is 126 cm³/mol. The molecular formula is C24H31FN4O3S. The number of anilines is 1. The summed E-state index contributed by atoms with van der Waals surface area (Å²) in [4.78, 5) is 17.5. The molecule has 2 aliphatic rings. The summed E-state index contributed by atoms with van der Waals surface area (Å²) in [6.45, 7) is 5.01. The Hall–Kier alpha value is -2.49. The molecule has 0 unspecified atom stereocenters. The Labute approximate surface area is 195 Å². The first-order valence-corrected chi connectivity index (χ1v) is 12.8. The lowest BCUT2D eigenvalue weighted by Crippen LogP contribution is -2.45. The van der Waals surface area contributed by atoms with Crippen molar-refractivity contribution in [1.82, 2.24) is 14.5 Å². The Bertz CT molecular complexity index is 1050. The Kier molecular flexibility index (Phi) is 7.31. The van der Waals surface area contributed by atoms with E-state index in [0.717, 1.165) is 43.9 Å². The van der Waals surface area contributed by atoms with Gasteiger partial charge in [0.05, 0.1) is 10.8 Å². The summed E-state index contributed by atoms with van der Waals surface area (Å²) in [5.74, 6) is -1.03. The highest BCUT2D eigenvalue weighted by atomic mass is 32.2. The number of benzene rings is 2. The second-order valence-corrected chi connectivity index (χ2v) is 10.8. The molecule has 33 heavy (non-hydrogen) atoms. The first kappa shape index (κ1) is 23.7. The monoisotopic (exact) mass is 474 g/mol. The molecule has 178 valence electrons. The van der Waals surface area contributed by atoms with E-state index < -0.39 is 21.8 Å². The van der Waals surface area contributed by atoms with Gasteiger partial charge in [0.2, 0.25) is 15.9 Å². The maximum Gasteiger partial charge on any atom is 0.243 e. The SMILES string of the molecule is CN1CCN(c2ccc(CNC(=O)[C@@H]3CCCN(S(=O)(=O)c4ccc(F)cc4)C3)cc2)CC1. The summed E-state index contributed by atoms with van der Waals surface area (Å²) in [6.07, 6.45) is 1.25. The zero-order valence-electron chi connectivity index (χ0n) is 18.9. The van der Waals surface area contributed by atoms with Gasteiger partial charge < -0.3 is 15.1 Å². The molecular weight excluding hydrogens is 443 g/mol. The number of nitrogens with zero attached hydrogens (tertiary/aromatic N) is 3. The van der Waals surface area contributed by atoms with Crippen LogP contribution in [0.3, 0.4) is 0 Å². The van der Waals surface area contributed by atoms with E-state index in [9.17, 15) is 17.6 Å². The largest absolute Gasteiger partial charge is 0.369 e. The van der Waals surface area contributed by atoms with Crippen molar-refractivity contribution in [3.8, 4) is 0 Å². The first-order chi connectivity index (χ1) is 15.8. The number of piperazine rings is 1. The molecule has 2 heterocycles. The van der Waals surface area contributed by atoms with E-state index in [4.69, 9.17) is 0 Å². The minimum Gasteiger partial charge on any atom is -0.369 e. The number of carbonyl (C=O) groups excluding carboxylic acids is 1. The Balaban J connectivity index is 1.31. The fraction of sp³-hybridized carbons (Fsp3) is 0.458. The van der Waals surface area contributed by atoms with Gasteiger partial charge in [-0.15, -0.1) is 0 Å². The first-order valence-electron chi connectivity index (χ1n) is 11.4. The molecule has 0 aliphatic carbocycles. The molecule has 1 amide bonds. The summed E-state index contributed by atoms with van der Waals surface area (Å²) in [6, 6.07) is 13.0. The molecule has 7 nitrogen and oxygen atoms in total. The van der Waals surface area contributed by atoms with Gasteiger partial charge in [0.15, 0.2) is 0 Å². The van der Waals surface area contributed by atoms with Crippen molar-refractivity contribution in [2.75, 3.05) is 51.2 Å². The van der Waals surface area contributed by atoms with Crippen LogP contribution in [0.5, 0.6) is 0 Å². The zero-order valence-corrected chi connectivity index (χ0v) is 19.7. The van der Waals surface area contributed by atoms with E-state index in [-0.39, 0.29) is 17.3 Å². The van der Waals surface area contributed by atoms with Gasteiger partial charge in [0, 0.05) is 51.5 Å². The van der Waals surface area contributed by atoms with Crippen LogP contribution in [0, 0.1) is 11.7 Å². The summed E-state index contributed by atoms with van der Waals surface area (Å²) in [5.41, 5.74) is 2.19. The van der Waals surface area contributed by atoms with E-state index >= 15 is 0 Å². The number of carbonyl (C=O) groups is 1. The number of likely N-dealkylation sites (N-methyl/N-ethyl adjacent to an activating group) is 1. The van der Waals surface area contributed by atoms with Crippen molar-refractivity contribution < 1.29 is 17.6 Å². The van der Waals surface area contributed by atoms with Crippen LogP contribution < -0.4 is 10.2 Å². The lowest BCUT2D eigenvalue weighted by molar-refractivity contribution is -0.126. The summed E-state index contributed by atoms with van der Waals surface area (Å²) < 4.78 is 40.3. The molecule has 2 aromatic carbocycles.